The number of fused-ring (bicyclic) bond motifs is 1. The lowest BCUT2D eigenvalue weighted by Crippen LogP contribution is -2.26. The molecule has 1 N–H and O–H groups in total. The molecule has 3 rings (SSSR count). The molecule has 92 valence electrons. The van der Waals surface area contributed by atoms with Crippen LogP contribution in [0.4, 0.5) is 18.9 Å². The van der Waals surface area contributed by atoms with Crippen LogP contribution in [-0.4, -0.2) is 6.04 Å². The molecule has 0 aliphatic heterocycles. The van der Waals surface area contributed by atoms with Crippen molar-refractivity contribution in [3.8, 4) is 0 Å². The fourth-order valence-corrected chi connectivity index (χ4v) is 2.95. The Morgan fingerprint density at radius 1 is 1.06 bits per heavy atom. The van der Waals surface area contributed by atoms with Crippen molar-refractivity contribution in [2.45, 2.75) is 31.7 Å². The Morgan fingerprint density at radius 2 is 1.76 bits per heavy atom. The lowest BCUT2D eigenvalue weighted by molar-refractivity contribution is 0.435. The fraction of sp³-hybridized carbons (Fsp3) is 0.538. The van der Waals surface area contributed by atoms with Crippen LogP contribution in [0.5, 0.6) is 0 Å². The maximum Gasteiger partial charge on any atom is 0.152 e. The first kappa shape index (κ1) is 10.9. The lowest BCUT2D eigenvalue weighted by Gasteiger charge is -2.24. The first-order valence-corrected chi connectivity index (χ1v) is 6.06. The molecule has 4 heteroatoms. The van der Waals surface area contributed by atoms with Gasteiger partial charge in [0.15, 0.2) is 11.6 Å². The van der Waals surface area contributed by atoms with Crippen molar-refractivity contribution in [3.63, 3.8) is 0 Å². The van der Waals surface area contributed by atoms with Crippen LogP contribution >= 0.6 is 0 Å². The molecule has 1 aromatic rings. The van der Waals surface area contributed by atoms with Crippen molar-refractivity contribution in [2.24, 2.45) is 11.8 Å². The molecule has 0 saturated heterocycles. The van der Waals surface area contributed by atoms with E-state index in [2.05, 4.69) is 5.32 Å². The molecule has 17 heavy (non-hydrogen) atoms. The van der Waals surface area contributed by atoms with Gasteiger partial charge in [-0.1, -0.05) is 12.8 Å². The third-order valence-electron chi connectivity index (χ3n) is 3.92. The van der Waals surface area contributed by atoms with Gasteiger partial charge in [-0.3, -0.25) is 0 Å². The van der Waals surface area contributed by atoms with Crippen LogP contribution in [0.3, 0.4) is 0 Å². The molecule has 0 radical (unpaired) electrons. The van der Waals surface area contributed by atoms with E-state index in [1.165, 1.54) is 6.42 Å². The molecule has 3 unspecified atom stereocenters. The molecule has 2 aliphatic rings. The van der Waals surface area contributed by atoms with Crippen molar-refractivity contribution in [1.29, 1.82) is 0 Å². The van der Waals surface area contributed by atoms with Crippen LogP contribution in [0.25, 0.3) is 0 Å². The van der Waals surface area contributed by atoms with Crippen LogP contribution in [0.2, 0.25) is 0 Å². The zero-order valence-corrected chi connectivity index (χ0v) is 9.35. The number of benzene rings is 1. The molecule has 0 amide bonds. The highest BCUT2D eigenvalue weighted by molar-refractivity contribution is 5.47. The van der Waals surface area contributed by atoms with E-state index in [1.54, 1.807) is 0 Å². The molecule has 0 heterocycles. The van der Waals surface area contributed by atoms with Gasteiger partial charge in [-0.2, -0.15) is 0 Å². The van der Waals surface area contributed by atoms with Gasteiger partial charge in [0.1, 0.15) is 11.5 Å². The molecule has 0 aromatic heterocycles. The maximum atomic E-state index is 13.5. The molecular formula is C13H14F3N. The monoisotopic (exact) mass is 241 g/mol. The number of nitrogens with one attached hydrogen (secondary N) is 1. The van der Waals surface area contributed by atoms with E-state index in [0.29, 0.717) is 5.92 Å². The van der Waals surface area contributed by atoms with E-state index in [1.807, 2.05) is 0 Å². The molecule has 2 fully saturated rings. The topological polar surface area (TPSA) is 12.0 Å². The van der Waals surface area contributed by atoms with Crippen LogP contribution < -0.4 is 5.32 Å². The van der Waals surface area contributed by atoms with Gasteiger partial charge in [0.25, 0.3) is 0 Å². The van der Waals surface area contributed by atoms with E-state index in [9.17, 15) is 13.2 Å². The molecule has 0 spiro atoms. The van der Waals surface area contributed by atoms with Gasteiger partial charge < -0.3 is 5.32 Å². The van der Waals surface area contributed by atoms with Gasteiger partial charge in [-0.15, -0.1) is 0 Å². The van der Waals surface area contributed by atoms with E-state index >= 15 is 0 Å². The second-order valence-corrected chi connectivity index (χ2v) is 5.09. The first-order valence-electron chi connectivity index (χ1n) is 6.06. The van der Waals surface area contributed by atoms with Gasteiger partial charge in [-0.25, -0.2) is 13.2 Å². The van der Waals surface area contributed by atoms with Gasteiger partial charge in [0.05, 0.1) is 0 Å². The number of rotatable bonds is 2. The van der Waals surface area contributed by atoms with Crippen LogP contribution in [-0.2, 0) is 0 Å². The zero-order chi connectivity index (χ0) is 12.0. The van der Waals surface area contributed by atoms with Crippen molar-refractivity contribution in [2.75, 3.05) is 5.32 Å². The Labute approximate surface area is 98.0 Å². The predicted molar refractivity (Wildman–Crippen MR) is 59.2 cm³/mol. The summed E-state index contributed by atoms with van der Waals surface area (Å²) in [5, 5.41) is 2.92. The molecule has 1 aromatic carbocycles. The Bertz CT molecular complexity index is 423. The highest BCUT2D eigenvalue weighted by Crippen LogP contribution is 2.50. The lowest BCUT2D eigenvalue weighted by atomic mass is 9.95. The van der Waals surface area contributed by atoms with E-state index < -0.39 is 17.5 Å². The fourth-order valence-electron chi connectivity index (χ4n) is 2.95. The summed E-state index contributed by atoms with van der Waals surface area (Å²) >= 11 is 0. The summed E-state index contributed by atoms with van der Waals surface area (Å²) in [7, 11) is 0. The standard InChI is InChI=1S/C13H14F3N/c14-8-5-10(15)13(11(16)6-8)17-12-3-1-2-7-4-9(7)12/h5-7,9,12,17H,1-4H2. The minimum Gasteiger partial charge on any atom is -0.377 e. The van der Waals surface area contributed by atoms with E-state index in [0.717, 1.165) is 37.3 Å². The molecular weight excluding hydrogens is 227 g/mol. The van der Waals surface area contributed by atoms with Gasteiger partial charge in [0.2, 0.25) is 0 Å². The van der Waals surface area contributed by atoms with Crippen LogP contribution in [0.1, 0.15) is 25.7 Å². The van der Waals surface area contributed by atoms with Crippen molar-refractivity contribution in [3.05, 3.63) is 29.6 Å². The maximum absolute atomic E-state index is 13.5. The summed E-state index contributed by atoms with van der Waals surface area (Å²) in [6.45, 7) is 0. The van der Waals surface area contributed by atoms with Crippen molar-refractivity contribution >= 4 is 5.69 Å². The van der Waals surface area contributed by atoms with E-state index in [4.69, 9.17) is 0 Å². The molecule has 1 nitrogen and oxygen atoms in total. The third-order valence-corrected chi connectivity index (χ3v) is 3.92. The summed E-state index contributed by atoms with van der Waals surface area (Å²) in [5.41, 5.74) is -0.177. The SMILES string of the molecule is Fc1cc(F)c(NC2CCCC3CC32)c(F)c1. The molecule has 2 saturated carbocycles. The van der Waals surface area contributed by atoms with Gasteiger partial charge >= 0.3 is 0 Å². The van der Waals surface area contributed by atoms with Crippen molar-refractivity contribution < 1.29 is 13.2 Å². The molecule has 3 atom stereocenters. The quantitative estimate of drug-likeness (QED) is 0.832. The highest BCUT2D eigenvalue weighted by atomic mass is 19.1. The van der Waals surface area contributed by atoms with Gasteiger partial charge in [-0.05, 0) is 24.7 Å². The Balaban J connectivity index is 1.80. The molecule has 0 bridgehead atoms. The number of halogens is 3. The normalized spacial score (nSPS) is 30.9. The number of hydrogen-bond donors (Lipinski definition) is 1. The van der Waals surface area contributed by atoms with Gasteiger partial charge in [0, 0.05) is 18.2 Å². The summed E-state index contributed by atoms with van der Waals surface area (Å²) in [4.78, 5) is 0. The summed E-state index contributed by atoms with van der Waals surface area (Å²) in [6, 6.07) is 1.58. The second-order valence-electron chi connectivity index (χ2n) is 5.09. The summed E-state index contributed by atoms with van der Waals surface area (Å²) < 4.78 is 39.7. The second kappa shape index (κ2) is 3.93. The highest BCUT2D eigenvalue weighted by Gasteiger charge is 2.45. The Hall–Kier alpha value is -1.19. The third kappa shape index (κ3) is 2.01. The minimum absolute atomic E-state index is 0.142. The Kier molecular flexibility index (Phi) is 2.53. The average Bonchev–Trinajstić information content (AvgIpc) is 3.02. The van der Waals surface area contributed by atoms with Crippen molar-refractivity contribution in [1.82, 2.24) is 0 Å². The number of hydrogen-bond acceptors (Lipinski definition) is 1. The Morgan fingerprint density at radius 3 is 2.47 bits per heavy atom. The predicted octanol–water partition coefficient (Wildman–Crippen LogP) is 3.70. The number of anilines is 1. The molecule has 2 aliphatic carbocycles. The summed E-state index contributed by atoms with van der Waals surface area (Å²) in [5.74, 6) is -1.28. The zero-order valence-electron chi connectivity index (χ0n) is 9.35. The average molecular weight is 241 g/mol. The van der Waals surface area contributed by atoms with E-state index in [-0.39, 0.29) is 11.7 Å². The largest absolute Gasteiger partial charge is 0.377 e. The van der Waals surface area contributed by atoms with Crippen LogP contribution in [0, 0.1) is 29.3 Å². The summed E-state index contributed by atoms with van der Waals surface area (Å²) in [6.07, 6.45) is 4.43. The minimum atomic E-state index is -0.876. The first-order chi connectivity index (χ1) is 8.15. The van der Waals surface area contributed by atoms with Crippen LogP contribution in [0.15, 0.2) is 12.1 Å². The smallest absolute Gasteiger partial charge is 0.152 e.